The van der Waals surface area contributed by atoms with Gasteiger partial charge in [0.15, 0.2) is 0 Å². The first-order chi connectivity index (χ1) is 8.99. The molecule has 2 rings (SSSR count). The van der Waals surface area contributed by atoms with Gasteiger partial charge in [-0.25, -0.2) is 4.63 Å². The lowest BCUT2D eigenvalue weighted by Crippen LogP contribution is -2.31. The minimum Gasteiger partial charge on any atom is -0.379 e. The minimum atomic E-state index is -0.410. The summed E-state index contributed by atoms with van der Waals surface area (Å²) in [7, 11) is 0. The van der Waals surface area contributed by atoms with Crippen LogP contribution in [0.3, 0.4) is 0 Å². The summed E-state index contributed by atoms with van der Waals surface area (Å²) in [6.07, 6.45) is 0. The molecule has 0 saturated carbocycles. The first-order valence-electron chi connectivity index (χ1n) is 5.88. The molecule has 2 heterocycles. The molecule has 8 nitrogen and oxygen atoms in total. The second kappa shape index (κ2) is 5.09. The van der Waals surface area contributed by atoms with Gasteiger partial charge in [0.05, 0.1) is 11.7 Å². The van der Waals surface area contributed by atoms with Gasteiger partial charge in [0.1, 0.15) is 0 Å². The highest BCUT2D eigenvalue weighted by atomic mass is 16.6. The Morgan fingerprint density at radius 3 is 2.79 bits per heavy atom. The van der Waals surface area contributed by atoms with Crippen molar-refractivity contribution in [1.82, 2.24) is 25.4 Å². The number of rotatable bonds is 4. The molecule has 1 atom stereocenters. The Morgan fingerprint density at radius 2 is 2.26 bits per heavy atom. The zero-order valence-electron chi connectivity index (χ0n) is 11.0. The largest absolute Gasteiger partial charge is 0.379 e. The van der Waals surface area contributed by atoms with Crippen molar-refractivity contribution in [2.24, 2.45) is 0 Å². The van der Waals surface area contributed by atoms with Crippen LogP contribution >= 0.6 is 0 Å². The van der Waals surface area contributed by atoms with Crippen LogP contribution in [0.4, 0.5) is 5.82 Å². The molecule has 0 radical (unpaired) electrons. The standard InChI is InChI=1S/C11H16N6O2/c1-6-4-7(2)17(14-6)8(3)5-13-11(18)9-10(12)16-19-15-9/h4,8H,5H2,1-3H3,(H2,12,16)(H,13,18)/t8-/m1/s1. The Kier molecular flexibility index (Phi) is 3.50. The zero-order valence-corrected chi connectivity index (χ0v) is 11.0. The number of anilines is 1. The quantitative estimate of drug-likeness (QED) is 0.829. The van der Waals surface area contributed by atoms with Crippen LogP contribution in [0.2, 0.25) is 0 Å². The number of carbonyl (C=O) groups excluding carboxylic acids is 1. The first kappa shape index (κ1) is 13.1. The predicted octanol–water partition coefficient (Wildman–Crippen LogP) is 0.456. The number of hydrogen-bond acceptors (Lipinski definition) is 6. The number of aryl methyl sites for hydroxylation is 2. The van der Waals surface area contributed by atoms with E-state index in [4.69, 9.17) is 5.73 Å². The lowest BCUT2D eigenvalue weighted by molar-refractivity contribution is 0.0938. The summed E-state index contributed by atoms with van der Waals surface area (Å²) in [5.41, 5.74) is 7.43. The normalized spacial score (nSPS) is 12.4. The van der Waals surface area contributed by atoms with E-state index >= 15 is 0 Å². The van der Waals surface area contributed by atoms with Gasteiger partial charge >= 0.3 is 0 Å². The third-order valence-electron chi connectivity index (χ3n) is 2.75. The van der Waals surface area contributed by atoms with E-state index < -0.39 is 5.91 Å². The molecule has 0 aromatic carbocycles. The van der Waals surface area contributed by atoms with E-state index in [0.717, 1.165) is 11.4 Å². The molecule has 0 spiro atoms. The highest BCUT2D eigenvalue weighted by Crippen LogP contribution is 2.10. The van der Waals surface area contributed by atoms with Gasteiger partial charge in [-0.1, -0.05) is 0 Å². The van der Waals surface area contributed by atoms with Crippen molar-refractivity contribution in [1.29, 1.82) is 0 Å². The number of hydrogen-bond donors (Lipinski definition) is 2. The summed E-state index contributed by atoms with van der Waals surface area (Å²) >= 11 is 0. The number of carbonyl (C=O) groups is 1. The highest BCUT2D eigenvalue weighted by molar-refractivity contribution is 5.95. The lowest BCUT2D eigenvalue weighted by atomic mass is 10.3. The van der Waals surface area contributed by atoms with Crippen molar-refractivity contribution < 1.29 is 9.42 Å². The molecule has 0 saturated heterocycles. The van der Waals surface area contributed by atoms with Crippen molar-refractivity contribution in [2.45, 2.75) is 26.8 Å². The van der Waals surface area contributed by atoms with E-state index in [1.165, 1.54) is 0 Å². The molecule has 2 aromatic heterocycles. The molecule has 0 unspecified atom stereocenters. The van der Waals surface area contributed by atoms with E-state index in [1.54, 1.807) is 0 Å². The van der Waals surface area contributed by atoms with Crippen LogP contribution in [0, 0.1) is 13.8 Å². The number of nitrogens with two attached hydrogens (primary N) is 1. The summed E-state index contributed by atoms with van der Waals surface area (Å²) in [4.78, 5) is 11.8. The third-order valence-corrected chi connectivity index (χ3v) is 2.75. The first-order valence-corrected chi connectivity index (χ1v) is 5.88. The van der Waals surface area contributed by atoms with Crippen LogP contribution in [-0.4, -0.2) is 32.5 Å². The maximum absolute atomic E-state index is 11.8. The Labute approximate surface area is 109 Å². The smallest absolute Gasteiger partial charge is 0.277 e. The molecule has 0 bridgehead atoms. The molecule has 3 N–H and O–H groups in total. The SMILES string of the molecule is Cc1cc(C)n([C@H](C)CNC(=O)c2nonc2N)n1. The Morgan fingerprint density at radius 1 is 1.53 bits per heavy atom. The number of nitrogens with zero attached hydrogens (tertiary/aromatic N) is 4. The molecule has 2 aromatic rings. The molecular formula is C11H16N6O2. The van der Waals surface area contributed by atoms with Crippen LogP contribution in [0.5, 0.6) is 0 Å². The maximum Gasteiger partial charge on any atom is 0.277 e. The number of amides is 1. The summed E-state index contributed by atoms with van der Waals surface area (Å²) in [6, 6.07) is 2.01. The molecule has 102 valence electrons. The molecular weight excluding hydrogens is 248 g/mol. The molecule has 0 aliphatic rings. The van der Waals surface area contributed by atoms with Gasteiger partial charge < -0.3 is 11.1 Å². The maximum atomic E-state index is 11.8. The van der Waals surface area contributed by atoms with E-state index in [2.05, 4.69) is 25.4 Å². The van der Waals surface area contributed by atoms with Gasteiger partial charge in [0, 0.05) is 12.2 Å². The Bertz CT molecular complexity index is 588. The summed E-state index contributed by atoms with van der Waals surface area (Å²) in [5.74, 6) is -0.427. The van der Waals surface area contributed by atoms with Crippen molar-refractivity contribution in [3.05, 3.63) is 23.1 Å². The van der Waals surface area contributed by atoms with E-state index in [0.29, 0.717) is 6.54 Å². The lowest BCUT2D eigenvalue weighted by Gasteiger charge is -2.14. The topological polar surface area (TPSA) is 112 Å². The fraction of sp³-hybridized carbons (Fsp3) is 0.455. The molecule has 0 aliphatic carbocycles. The van der Waals surface area contributed by atoms with Crippen molar-refractivity contribution in [3.63, 3.8) is 0 Å². The van der Waals surface area contributed by atoms with Crippen LogP contribution in [0.15, 0.2) is 10.7 Å². The number of aromatic nitrogens is 4. The van der Waals surface area contributed by atoms with Crippen LogP contribution in [0.25, 0.3) is 0 Å². The van der Waals surface area contributed by atoms with Crippen molar-refractivity contribution in [2.75, 3.05) is 12.3 Å². The van der Waals surface area contributed by atoms with Crippen molar-refractivity contribution in [3.8, 4) is 0 Å². The van der Waals surface area contributed by atoms with E-state index in [-0.39, 0.29) is 17.6 Å². The van der Waals surface area contributed by atoms with Crippen molar-refractivity contribution >= 4 is 11.7 Å². The van der Waals surface area contributed by atoms with Crippen LogP contribution in [-0.2, 0) is 0 Å². The highest BCUT2D eigenvalue weighted by Gasteiger charge is 2.17. The average Bonchev–Trinajstić information content (AvgIpc) is 2.91. The molecule has 0 aliphatic heterocycles. The average molecular weight is 264 g/mol. The minimum absolute atomic E-state index is 0.000526. The number of nitrogen functional groups attached to an aromatic ring is 1. The molecule has 1 amide bonds. The van der Waals surface area contributed by atoms with E-state index in [1.807, 2.05) is 31.5 Å². The van der Waals surface area contributed by atoms with E-state index in [9.17, 15) is 4.79 Å². The summed E-state index contributed by atoms with van der Waals surface area (Å²) in [6.45, 7) is 6.27. The van der Waals surface area contributed by atoms with Gasteiger partial charge in [-0.3, -0.25) is 9.48 Å². The summed E-state index contributed by atoms with van der Waals surface area (Å²) in [5, 5.41) is 13.9. The summed E-state index contributed by atoms with van der Waals surface area (Å²) < 4.78 is 6.24. The van der Waals surface area contributed by atoms with Gasteiger partial charge in [0.25, 0.3) is 5.91 Å². The fourth-order valence-corrected chi connectivity index (χ4v) is 1.86. The second-order valence-electron chi connectivity index (χ2n) is 4.43. The van der Waals surface area contributed by atoms with Gasteiger partial charge in [-0.2, -0.15) is 5.10 Å². The fourth-order valence-electron chi connectivity index (χ4n) is 1.86. The van der Waals surface area contributed by atoms with Gasteiger partial charge in [0.2, 0.25) is 11.5 Å². The zero-order chi connectivity index (χ0) is 14.0. The second-order valence-corrected chi connectivity index (χ2v) is 4.43. The third kappa shape index (κ3) is 2.72. The molecule has 19 heavy (non-hydrogen) atoms. The molecule has 8 heteroatoms. The van der Waals surface area contributed by atoms with Gasteiger partial charge in [-0.05, 0) is 37.2 Å². The predicted molar refractivity (Wildman–Crippen MR) is 67.5 cm³/mol. The Hall–Kier alpha value is -2.38. The van der Waals surface area contributed by atoms with Crippen LogP contribution < -0.4 is 11.1 Å². The number of nitrogens with one attached hydrogen (secondary N) is 1. The monoisotopic (exact) mass is 264 g/mol. The Balaban J connectivity index is 1.97. The van der Waals surface area contributed by atoms with Crippen LogP contribution in [0.1, 0.15) is 34.8 Å². The van der Waals surface area contributed by atoms with Gasteiger partial charge in [-0.15, -0.1) is 0 Å². The molecule has 0 fully saturated rings.